The van der Waals surface area contributed by atoms with Gasteiger partial charge in [-0.1, -0.05) is 18.2 Å². The smallest absolute Gasteiger partial charge is 0.305 e. The van der Waals surface area contributed by atoms with Gasteiger partial charge < -0.3 is 9.15 Å². The van der Waals surface area contributed by atoms with Crippen molar-refractivity contribution in [3.05, 3.63) is 59.5 Å². The van der Waals surface area contributed by atoms with Crippen molar-refractivity contribution in [3.63, 3.8) is 0 Å². The van der Waals surface area contributed by atoms with E-state index in [2.05, 4.69) is 16.0 Å². The molecule has 8 nitrogen and oxygen atoms in total. The van der Waals surface area contributed by atoms with Crippen LogP contribution < -0.4 is 15.6 Å². The predicted octanol–water partition coefficient (Wildman–Crippen LogP) is 2.74. The van der Waals surface area contributed by atoms with Crippen molar-refractivity contribution in [2.45, 2.75) is 6.92 Å². The second-order valence-corrected chi connectivity index (χ2v) is 5.16. The highest BCUT2D eigenvalue weighted by Gasteiger charge is 2.16. The number of ether oxygens (including phenoxy) is 1. The van der Waals surface area contributed by atoms with E-state index in [0.29, 0.717) is 22.8 Å². The van der Waals surface area contributed by atoms with Crippen LogP contribution in [0.1, 0.15) is 21.8 Å². The van der Waals surface area contributed by atoms with Crippen molar-refractivity contribution in [2.75, 3.05) is 5.43 Å². The molecule has 0 atom stereocenters. The monoisotopic (exact) mass is 337 g/mol. The number of nitrogens with one attached hydrogen (secondary N) is 2. The molecule has 1 amide bonds. The standard InChI is InChI=1S/C17H15N5O3/c1-11-13(10-18)16(22(2)21-11)19-20-17(23)14-8-9-15(25-14)24-12-6-4-3-5-7-12/h3-9,19H,1-2H3,(H,20,23). The molecule has 8 heteroatoms. The van der Waals surface area contributed by atoms with Gasteiger partial charge in [0.25, 0.3) is 5.95 Å². The van der Waals surface area contributed by atoms with Gasteiger partial charge in [-0.15, -0.1) is 0 Å². The maximum atomic E-state index is 12.2. The Hall–Kier alpha value is -3.73. The molecule has 0 fully saturated rings. The largest absolute Gasteiger partial charge is 0.426 e. The van der Waals surface area contributed by atoms with Crippen molar-refractivity contribution in [1.82, 2.24) is 15.2 Å². The number of aromatic nitrogens is 2. The number of hydrazine groups is 1. The van der Waals surface area contributed by atoms with E-state index >= 15 is 0 Å². The number of carbonyl (C=O) groups is 1. The molecule has 126 valence electrons. The van der Waals surface area contributed by atoms with E-state index < -0.39 is 5.91 Å². The van der Waals surface area contributed by atoms with E-state index in [1.807, 2.05) is 24.3 Å². The van der Waals surface area contributed by atoms with Crippen LogP contribution in [0.3, 0.4) is 0 Å². The number of nitriles is 1. The van der Waals surface area contributed by atoms with Gasteiger partial charge in [-0.3, -0.25) is 20.3 Å². The molecular weight excluding hydrogens is 322 g/mol. The molecular formula is C17H15N5O3. The summed E-state index contributed by atoms with van der Waals surface area (Å²) in [5.41, 5.74) is 6.08. The van der Waals surface area contributed by atoms with Gasteiger partial charge in [0.15, 0.2) is 11.6 Å². The van der Waals surface area contributed by atoms with Crippen molar-refractivity contribution in [3.8, 4) is 17.8 Å². The Morgan fingerprint density at radius 2 is 2.04 bits per heavy atom. The van der Waals surface area contributed by atoms with Crippen LogP contribution in [0, 0.1) is 18.3 Å². The van der Waals surface area contributed by atoms with Gasteiger partial charge in [0.05, 0.1) is 5.69 Å². The highest BCUT2D eigenvalue weighted by atomic mass is 16.6. The fraction of sp³-hybridized carbons (Fsp3) is 0.118. The van der Waals surface area contributed by atoms with Crippen molar-refractivity contribution < 1.29 is 13.9 Å². The topological polar surface area (TPSA) is 105 Å². The summed E-state index contributed by atoms with van der Waals surface area (Å²) in [6.07, 6.45) is 0. The van der Waals surface area contributed by atoms with Gasteiger partial charge in [-0.05, 0) is 25.1 Å². The van der Waals surface area contributed by atoms with Crippen molar-refractivity contribution in [2.24, 2.45) is 7.05 Å². The molecule has 2 N–H and O–H groups in total. The average Bonchev–Trinajstić information content (AvgIpc) is 3.17. The lowest BCUT2D eigenvalue weighted by Gasteiger charge is -2.07. The summed E-state index contributed by atoms with van der Waals surface area (Å²) >= 11 is 0. The SMILES string of the molecule is Cc1nn(C)c(NNC(=O)c2ccc(Oc3ccccc3)o2)c1C#N. The van der Waals surface area contributed by atoms with Gasteiger partial charge in [0.2, 0.25) is 0 Å². The summed E-state index contributed by atoms with van der Waals surface area (Å²) in [6, 6.07) is 14.2. The van der Waals surface area contributed by atoms with Crippen LogP contribution in [0.15, 0.2) is 46.9 Å². The lowest BCUT2D eigenvalue weighted by atomic mass is 10.3. The number of nitrogens with zero attached hydrogens (tertiary/aromatic N) is 3. The Labute approximate surface area is 143 Å². The minimum Gasteiger partial charge on any atom is -0.426 e. The molecule has 0 bridgehead atoms. The van der Waals surface area contributed by atoms with Crippen molar-refractivity contribution in [1.29, 1.82) is 5.26 Å². The number of para-hydroxylation sites is 1. The Morgan fingerprint density at radius 1 is 1.28 bits per heavy atom. The molecule has 0 aliphatic heterocycles. The summed E-state index contributed by atoms with van der Waals surface area (Å²) < 4.78 is 12.3. The number of hydrogen-bond donors (Lipinski definition) is 2. The van der Waals surface area contributed by atoms with Crippen LogP contribution in [0.25, 0.3) is 0 Å². The summed E-state index contributed by atoms with van der Waals surface area (Å²) in [4.78, 5) is 12.2. The molecule has 0 aliphatic carbocycles. The first kappa shape index (κ1) is 16.1. The number of carbonyl (C=O) groups excluding carboxylic acids is 1. The molecule has 0 aliphatic rings. The fourth-order valence-electron chi connectivity index (χ4n) is 2.21. The Bertz CT molecular complexity index is 937. The highest BCUT2D eigenvalue weighted by Crippen LogP contribution is 2.23. The quantitative estimate of drug-likeness (QED) is 0.694. The Balaban J connectivity index is 1.66. The lowest BCUT2D eigenvalue weighted by Crippen LogP contribution is -2.30. The molecule has 0 spiro atoms. The first-order valence-electron chi connectivity index (χ1n) is 7.41. The third kappa shape index (κ3) is 3.45. The molecule has 0 radical (unpaired) electrons. The van der Waals surface area contributed by atoms with E-state index in [9.17, 15) is 4.79 Å². The maximum Gasteiger partial charge on any atom is 0.305 e. The van der Waals surface area contributed by atoms with Crippen LogP contribution in [-0.2, 0) is 7.05 Å². The predicted molar refractivity (Wildman–Crippen MR) is 89.0 cm³/mol. The van der Waals surface area contributed by atoms with E-state index in [1.54, 1.807) is 32.2 Å². The number of aryl methyl sites for hydroxylation is 2. The summed E-state index contributed by atoms with van der Waals surface area (Å²) in [7, 11) is 1.67. The van der Waals surface area contributed by atoms with Gasteiger partial charge in [0.1, 0.15) is 17.4 Å². The normalized spacial score (nSPS) is 10.1. The molecule has 2 aromatic heterocycles. The molecule has 25 heavy (non-hydrogen) atoms. The first-order chi connectivity index (χ1) is 12.1. The number of anilines is 1. The molecule has 3 aromatic rings. The highest BCUT2D eigenvalue weighted by molar-refractivity contribution is 5.92. The zero-order valence-corrected chi connectivity index (χ0v) is 13.6. The molecule has 0 saturated carbocycles. The number of hydrogen-bond acceptors (Lipinski definition) is 6. The first-order valence-corrected chi connectivity index (χ1v) is 7.41. The molecule has 1 aromatic carbocycles. The van der Waals surface area contributed by atoms with E-state index in [1.165, 1.54) is 10.7 Å². The van der Waals surface area contributed by atoms with Gasteiger partial charge >= 0.3 is 5.91 Å². The van der Waals surface area contributed by atoms with Crippen LogP contribution in [0.4, 0.5) is 5.82 Å². The van der Waals surface area contributed by atoms with Gasteiger partial charge in [0, 0.05) is 13.1 Å². The fourth-order valence-corrected chi connectivity index (χ4v) is 2.21. The molecule has 3 rings (SSSR count). The zero-order chi connectivity index (χ0) is 17.8. The van der Waals surface area contributed by atoms with Crippen LogP contribution in [0.5, 0.6) is 11.7 Å². The van der Waals surface area contributed by atoms with Crippen LogP contribution >= 0.6 is 0 Å². The summed E-state index contributed by atoms with van der Waals surface area (Å²) in [6.45, 7) is 1.71. The maximum absolute atomic E-state index is 12.2. The Kier molecular flexibility index (Phi) is 4.39. The number of rotatable bonds is 5. The second-order valence-electron chi connectivity index (χ2n) is 5.16. The number of benzene rings is 1. The summed E-state index contributed by atoms with van der Waals surface area (Å²) in [5, 5.41) is 13.3. The minimum absolute atomic E-state index is 0.0656. The number of furan rings is 1. The lowest BCUT2D eigenvalue weighted by molar-refractivity contribution is 0.0930. The summed E-state index contributed by atoms with van der Waals surface area (Å²) in [5.74, 6) is 0.749. The molecule has 2 heterocycles. The zero-order valence-electron chi connectivity index (χ0n) is 13.6. The second kappa shape index (κ2) is 6.80. The van der Waals surface area contributed by atoms with Crippen LogP contribution in [0.2, 0.25) is 0 Å². The number of amides is 1. The third-order valence-electron chi connectivity index (χ3n) is 3.40. The molecule has 0 unspecified atom stereocenters. The van der Waals surface area contributed by atoms with Gasteiger partial charge in [-0.25, -0.2) is 0 Å². The van der Waals surface area contributed by atoms with E-state index in [4.69, 9.17) is 14.4 Å². The Morgan fingerprint density at radius 3 is 2.76 bits per heavy atom. The van der Waals surface area contributed by atoms with Gasteiger partial charge in [-0.2, -0.15) is 10.4 Å². The van der Waals surface area contributed by atoms with Crippen LogP contribution in [-0.4, -0.2) is 15.7 Å². The third-order valence-corrected chi connectivity index (χ3v) is 3.40. The van der Waals surface area contributed by atoms with E-state index in [0.717, 1.165) is 0 Å². The minimum atomic E-state index is -0.509. The molecule has 0 saturated heterocycles. The average molecular weight is 337 g/mol. The van der Waals surface area contributed by atoms with E-state index in [-0.39, 0.29) is 11.7 Å². The van der Waals surface area contributed by atoms with Crippen molar-refractivity contribution >= 4 is 11.7 Å².